The zero-order chi connectivity index (χ0) is 10.1. The minimum atomic E-state index is -0.609. The molecule has 2 rings (SSSR count). The van der Waals surface area contributed by atoms with E-state index in [1.807, 2.05) is 0 Å². The van der Waals surface area contributed by atoms with Crippen molar-refractivity contribution in [1.29, 1.82) is 0 Å². The van der Waals surface area contributed by atoms with E-state index >= 15 is 0 Å². The van der Waals surface area contributed by atoms with E-state index in [9.17, 15) is 14.3 Å². The number of ketones is 1. The van der Waals surface area contributed by atoms with Crippen LogP contribution in [0.5, 0.6) is 5.75 Å². The second-order valence-corrected chi connectivity index (χ2v) is 3.66. The maximum Gasteiger partial charge on any atom is 0.165 e. The van der Waals surface area contributed by atoms with Crippen LogP contribution < -0.4 is 0 Å². The number of rotatable bonds is 1. The first kappa shape index (κ1) is 9.19. The van der Waals surface area contributed by atoms with Gasteiger partial charge in [-0.15, -0.1) is 0 Å². The molecule has 1 atom stereocenters. The molecule has 3 heteroatoms. The molecule has 0 saturated heterocycles. The van der Waals surface area contributed by atoms with Gasteiger partial charge in [0.05, 0.1) is 0 Å². The molecule has 1 aliphatic carbocycles. The van der Waals surface area contributed by atoms with Crippen molar-refractivity contribution in [2.75, 3.05) is 0 Å². The lowest BCUT2D eigenvalue weighted by Crippen LogP contribution is -1.96. The van der Waals surface area contributed by atoms with Gasteiger partial charge in [0.1, 0.15) is 5.78 Å². The van der Waals surface area contributed by atoms with E-state index in [1.54, 1.807) is 12.1 Å². The molecular weight excluding hydrogens is 183 g/mol. The lowest BCUT2D eigenvalue weighted by molar-refractivity contribution is -0.117. The molecule has 14 heavy (non-hydrogen) atoms. The summed E-state index contributed by atoms with van der Waals surface area (Å²) in [4.78, 5) is 11.0. The zero-order valence-electron chi connectivity index (χ0n) is 7.66. The van der Waals surface area contributed by atoms with Gasteiger partial charge in [0.15, 0.2) is 11.6 Å². The van der Waals surface area contributed by atoms with Crippen LogP contribution in [0.3, 0.4) is 0 Å². The lowest BCUT2D eigenvalue weighted by atomic mass is 9.96. The van der Waals surface area contributed by atoms with Gasteiger partial charge >= 0.3 is 0 Å². The molecule has 0 radical (unpaired) electrons. The Labute approximate surface area is 81.4 Å². The van der Waals surface area contributed by atoms with Crippen LogP contribution >= 0.6 is 0 Å². The largest absolute Gasteiger partial charge is 0.505 e. The molecule has 1 unspecified atom stereocenters. The Kier molecular flexibility index (Phi) is 2.23. The normalized spacial score (nSPS) is 21.5. The van der Waals surface area contributed by atoms with Crippen molar-refractivity contribution in [1.82, 2.24) is 0 Å². The molecule has 0 heterocycles. The molecule has 2 nitrogen and oxygen atoms in total. The van der Waals surface area contributed by atoms with E-state index in [1.165, 1.54) is 6.07 Å². The topological polar surface area (TPSA) is 37.3 Å². The van der Waals surface area contributed by atoms with Crippen LogP contribution in [0.2, 0.25) is 0 Å². The Balaban J connectivity index is 2.32. The standard InChI is InChI=1S/C11H11FO2/c12-10-3-1-2-9(11(10)14)7-4-5-8(13)6-7/h1-3,7,14H,4-6H2. The average molecular weight is 194 g/mol. The summed E-state index contributed by atoms with van der Waals surface area (Å²) in [7, 11) is 0. The number of carbonyl (C=O) groups is 1. The quantitative estimate of drug-likeness (QED) is 0.745. The number of hydrogen-bond donors (Lipinski definition) is 1. The number of halogens is 1. The molecule has 1 aromatic carbocycles. The first-order valence-electron chi connectivity index (χ1n) is 4.67. The molecule has 0 amide bonds. The van der Waals surface area contributed by atoms with Gasteiger partial charge in [0, 0.05) is 18.4 Å². The van der Waals surface area contributed by atoms with Gasteiger partial charge < -0.3 is 5.11 Å². The number of benzene rings is 1. The number of aromatic hydroxyl groups is 1. The van der Waals surface area contributed by atoms with Crippen LogP contribution in [-0.2, 0) is 4.79 Å². The Morgan fingerprint density at radius 2 is 2.21 bits per heavy atom. The number of para-hydroxylation sites is 1. The molecule has 74 valence electrons. The molecule has 1 fully saturated rings. The Hall–Kier alpha value is -1.38. The number of hydrogen-bond acceptors (Lipinski definition) is 2. The van der Waals surface area contributed by atoms with Crippen LogP contribution in [0.25, 0.3) is 0 Å². The van der Waals surface area contributed by atoms with E-state index < -0.39 is 5.82 Å². The second-order valence-electron chi connectivity index (χ2n) is 3.66. The molecule has 0 aromatic heterocycles. The Morgan fingerprint density at radius 1 is 1.43 bits per heavy atom. The maximum atomic E-state index is 13.0. The van der Waals surface area contributed by atoms with Gasteiger partial charge in [-0.2, -0.15) is 0 Å². The highest BCUT2D eigenvalue weighted by Gasteiger charge is 2.26. The van der Waals surface area contributed by atoms with Gasteiger partial charge in [-0.25, -0.2) is 4.39 Å². The number of Topliss-reactive ketones (excluding diaryl/α,β-unsaturated/α-hetero) is 1. The van der Waals surface area contributed by atoms with E-state index in [0.717, 1.165) is 6.42 Å². The highest BCUT2D eigenvalue weighted by molar-refractivity contribution is 5.81. The highest BCUT2D eigenvalue weighted by Crippen LogP contribution is 2.37. The molecule has 1 saturated carbocycles. The van der Waals surface area contributed by atoms with Crippen molar-refractivity contribution in [2.45, 2.75) is 25.2 Å². The second kappa shape index (κ2) is 3.40. The fourth-order valence-electron chi connectivity index (χ4n) is 1.94. The number of phenolic OH excluding ortho intramolecular Hbond substituents is 1. The molecule has 1 aromatic rings. The first-order chi connectivity index (χ1) is 6.68. The summed E-state index contributed by atoms with van der Waals surface area (Å²) in [6, 6.07) is 4.46. The Bertz CT molecular complexity index is 374. The van der Waals surface area contributed by atoms with Crippen molar-refractivity contribution in [3.05, 3.63) is 29.6 Å². The summed E-state index contributed by atoms with van der Waals surface area (Å²) in [5, 5.41) is 9.46. The fraction of sp³-hybridized carbons (Fsp3) is 0.364. The monoisotopic (exact) mass is 194 g/mol. The van der Waals surface area contributed by atoms with Crippen molar-refractivity contribution in [2.24, 2.45) is 0 Å². The van der Waals surface area contributed by atoms with Crippen molar-refractivity contribution >= 4 is 5.78 Å². The van der Waals surface area contributed by atoms with E-state index in [2.05, 4.69) is 0 Å². The molecule has 0 bridgehead atoms. The smallest absolute Gasteiger partial charge is 0.165 e. The summed E-state index contributed by atoms with van der Waals surface area (Å²) in [6.45, 7) is 0. The summed E-state index contributed by atoms with van der Waals surface area (Å²) >= 11 is 0. The summed E-state index contributed by atoms with van der Waals surface area (Å²) in [6.07, 6.45) is 1.69. The zero-order valence-corrected chi connectivity index (χ0v) is 7.66. The number of phenols is 1. The molecule has 0 spiro atoms. The Morgan fingerprint density at radius 3 is 2.86 bits per heavy atom. The van der Waals surface area contributed by atoms with E-state index in [-0.39, 0.29) is 17.5 Å². The molecule has 1 aliphatic rings. The van der Waals surface area contributed by atoms with E-state index in [0.29, 0.717) is 18.4 Å². The predicted octanol–water partition coefficient (Wildman–Crippen LogP) is 2.37. The first-order valence-corrected chi connectivity index (χ1v) is 4.67. The van der Waals surface area contributed by atoms with Crippen molar-refractivity contribution in [3.63, 3.8) is 0 Å². The predicted molar refractivity (Wildman–Crippen MR) is 49.7 cm³/mol. The van der Waals surface area contributed by atoms with Gasteiger partial charge in [0.2, 0.25) is 0 Å². The minimum absolute atomic E-state index is 0.00167. The average Bonchev–Trinajstić information content (AvgIpc) is 2.57. The molecular formula is C11H11FO2. The number of carbonyl (C=O) groups excluding carboxylic acids is 1. The summed E-state index contributed by atoms with van der Waals surface area (Å²) < 4.78 is 13.0. The molecule has 0 aliphatic heterocycles. The minimum Gasteiger partial charge on any atom is -0.505 e. The van der Waals surface area contributed by atoms with Gasteiger partial charge in [-0.3, -0.25) is 4.79 Å². The fourth-order valence-corrected chi connectivity index (χ4v) is 1.94. The van der Waals surface area contributed by atoms with Gasteiger partial charge in [-0.1, -0.05) is 12.1 Å². The third-order valence-corrected chi connectivity index (χ3v) is 2.70. The van der Waals surface area contributed by atoms with Crippen LogP contribution in [-0.4, -0.2) is 10.9 Å². The van der Waals surface area contributed by atoms with Crippen LogP contribution in [0, 0.1) is 5.82 Å². The van der Waals surface area contributed by atoms with Gasteiger partial charge in [0.25, 0.3) is 0 Å². The van der Waals surface area contributed by atoms with Crippen LogP contribution in [0.1, 0.15) is 30.7 Å². The third-order valence-electron chi connectivity index (χ3n) is 2.70. The lowest BCUT2D eigenvalue weighted by Gasteiger charge is -2.10. The van der Waals surface area contributed by atoms with E-state index in [4.69, 9.17) is 0 Å². The van der Waals surface area contributed by atoms with Crippen LogP contribution in [0.4, 0.5) is 4.39 Å². The molecule has 1 N–H and O–H groups in total. The highest BCUT2D eigenvalue weighted by atomic mass is 19.1. The SMILES string of the molecule is O=C1CCC(c2cccc(F)c2O)C1. The van der Waals surface area contributed by atoms with Crippen LogP contribution in [0.15, 0.2) is 18.2 Å². The van der Waals surface area contributed by atoms with Crippen molar-refractivity contribution < 1.29 is 14.3 Å². The maximum absolute atomic E-state index is 13.0. The third kappa shape index (κ3) is 1.50. The van der Waals surface area contributed by atoms with Gasteiger partial charge in [-0.05, 0) is 18.4 Å². The van der Waals surface area contributed by atoms with Crippen molar-refractivity contribution in [3.8, 4) is 5.75 Å². The summed E-state index contributed by atoms with van der Waals surface area (Å²) in [5.74, 6) is -0.717. The summed E-state index contributed by atoms with van der Waals surface area (Å²) in [5.41, 5.74) is 0.566.